The van der Waals surface area contributed by atoms with Gasteiger partial charge in [0.15, 0.2) is 0 Å². The maximum absolute atomic E-state index is 12.4. The van der Waals surface area contributed by atoms with E-state index in [4.69, 9.17) is 21.1 Å². The van der Waals surface area contributed by atoms with Crippen LogP contribution in [0.5, 0.6) is 5.75 Å². The molecule has 134 valence electrons. The van der Waals surface area contributed by atoms with Crippen molar-refractivity contribution in [2.45, 2.75) is 6.61 Å². The van der Waals surface area contributed by atoms with Crippen molar-refractivity contribution in [3.05, 3.63) is 69.6 Å². The zero-order valence-corrected chi connectivity index (χ0v) is 14.9. The van der Waals surface area contributed by atoms with Crippen LogP contribution in [0.3, 0.4) is 0 Å². The first-order valence-electron chi connectivity index (χ1n) is 8.42. The Bertz CT molecular complexity index is 983. The third-order valence-electron chi connectivity index (χ3n) is 4.25. The van der Waals surface area contributed by atoms with E-state index in [1.807, 2.05) is 24.3 Å². The van der Waals surface area contributed by atoms with Crippen LogP contribution in [-0.4, -0.2) is 35.7 Å². The van der Waals surface area contributed by atoms with Crippen LogP contribution in [0.15, 0.2) is 53.5 Å². The molecule has 1 aromatic carbocycles. The van der Waals surface area contributed by atoms with Gasteiger partial charge in [0.2, 0.25) is 0 Å². The van der Waals surface area contributed by atoms with Crippen LogP contribution in [0, 0.1) is 0 Å². The maximum atomic E-state index is 12.4. The van der Waals surface area contributed by atoms with Crippen molar-refractivity contribution < 1.29 is 9.47 Å². The normalized spacial score (nSPS) is 14.6. The van der Waals surface area contributed by atoms with Gasteiger partial charge in [0.05, 0.1) is 13.2 Å². The smallest absolute Gasteiger partial charge is 0.259 e. The second-order valence-electron chi connectivity index (χ2n) is 6.06. The van der Waals surface area contributed by atoms with Gasteiger partial charge < -0.3 is 14.4 Å². The molecule has 26 heavy (non-hydrogen) atoms. The predicted octanol–water partition coefficient (Wildman–Crippen LogP) is 2.76. The third kappa shape index (κ3) is 3.66. The minimum atomic E-state index is -0.113. The fourth-order valence-electron chi connectivity index (χ4n) is 2.91. The molecule has 0 atom stereocenters. The molecule has 7 heteroatoms. The summed E-state index contributed by atoms with van der Waals surface area (Å²) in [7, 11) is 0. The van der Waals surface area contributed by atoms with Gasteiger partial charge in [-0.05, 0) is 23.8 Å². The summed E-state index contributed by atoms with van der Waals surface area (Å²) in [6.45, 7) is 3.14. The molecule has 1 fully saturated rings. The average molecular weight is 372 g/mol. The Labute approximate surface area is 155 Å². The number of morpholine rings is 1. The van der Waals surface area contributed by atoms with Crippen molar-refractivity contribution in [3.63, 3.8) is 0 Å². The van der Waals surface area contributed by atoms with Crippen molar-refractivity contribution in [1.29, 1.82) is 0 Å². The molecule has 0 unspecified atom stereocenters. The molecule has 0 amide bonds. The second-order valence-corrected chi connectivity index (χ2v) is 6.50. The van der Waals surface area contributed by atoms with Crippen molar-refractivity contribution in [3.8, 4) is 5.75 Å². The van der Waals surface area contributed by atoms with Gasteiger partial charge in [-0.3, -0.25) is 9.20 Å². The first kappa shape index (κ1) is 16.9. The molecule has 0 bridgehead atoms. The number of hydrogen-bond donors (Lipinski definition) is 0. The highest BCUT2D eigenvalue weighted by atomic mass is 35.5. The van der Waals surface area contributed by atoms with E-state index >= 15 is 0 Å². The summed E-state index contributed by atoms with van der Waals surface area (Å²) in [6.07, 6.45) is 1.68. The van der Waals surface area contributed by atoms with E-state index in [0.717, 1.165) is 18.7 Å². The molecule has 0 radical (unpaired) electrons. The zero-order chi connectivity index (χ0) is 17.9. The number of fused-ring (bicyclic) bond motifs is 1. The Hall–Kier alpha value is -2.57. The van der Waals surface area contributed by atoms with E-state index in [9.17, 15) is 4.79 Å². The van der Waals surface area contributed by atoms with Crippen molar-refractivity contribution in [2.24, 2.45) is 0 Å². The number of hydrogen-bond acceptors (Lipinski definition) is 5. The summed E-state index contributed by atoms with van der Waals surface area (Å²) in [5.41, 5.74) is 1.42. The highest BCUT2D eigenvalue weighted by molar-refractivity contribution is 6.30. The SMILES string of the molecule is O=c1cc(N2CCOCC2)nc2cc(OCc3cccc(Cl)c3)ccn12. The van der Waals surface area contributed by atoms with E-state index < -0.39 is 0 Å². The number of benzene rings is 1. The van der Waals surface area contributed by atoms with Gasteiger partial charge >= 0.3 is 0 Å². The molecule has 1 aliphatic rings. The van der Waals surface area contributed by atoms with E-state index in [0.29, 0.717) is 42.1 Å². The summed E-state index contributed by atoms with van der Waals surface area (Å²) in [4.78, 5) is 19.1. The monoisotopic (exact) mass is 371 g/mol. The van der Waals surface area contributed by atoms with Gasteiger partial charge in [-0.1, -0.05) is 23.7 Å². The molecule has 0 spiro atoms. The van der Waals surface area contributed by atoms with Crippen LogP contribution in [0.1, 0.15) is 5.56 Å². The van der Waals surface area contributed by atoms with Gasteiger partial charge in [-0.2, -0.15) is 0 Å². The van der Waals surface area contributed by atoms with Crippen LogP contribution >= 0.6 is 11.6 Å². The third-order valence-corrected chi connectivity index (χ3v) is 4.49. The Morgan fingerprint density at radius 1 is 1.15 bits per heavy atom. The number of rotatable bonds is 4. The standard InChI is InChI=1S/C19H18ClN3O3/c20-15-3-1-2-14(10-15)13-26-16-4-5-23-18(11-16)21-17(12-19(23)24)22-6-8-25-9-7-22/h1-5,10-12H,6-9,13H2. The highest BCUT2D eigenvalue weighted by Gasteiger charge is 2.14. The summed E-state index contributed by atoms with van der Waals surface area (Å²) in [5.74, 6) is 1.32. The number of pyridine rings is 1. The molecule has 1 aliphatic heterocycles. The van der Waals surface area contributed by atoms with Crippen LogP contribution in [0.4, 0.5) is 5.82 Å². The number of nitrogens with zero attached hydrogens (tertiary/aromatic N) is 3. The van der Waals surface area contributed by atoms with Gasteiger partial charge in [-0.25, -0.2) is 4.98 Å². The number of halogens is 1. The topological polar surface area (TPSA) is 56.1 Å². The van der Waals surface area contributed by atoms with E-state index in [-0.39, 0.29) is 5.56 Å². The molecular weight excluding hydrogens is 354 g/mol. The Balaban J connectivity index is 1.59. The molecule has 3 aromatic rings. The Morgan fingerprint density at radius 2 is 2.00 bits per heavy atom. The largest absolute Gasteiger partial charge is 0.489 e. The van der Waals surface area contributed by atoms with E-state index in [1.54, 1.807) is 24.4 Å². The fourth-order valence-corrected chi connectivity index (χ4v) is 3.12. The lowest BCUT2D eigenvalue weighted by molar-refractivity contribution is 0.122. The fraction of sp³-hybridized carbons (Fsp3) is 0.263. The highest BCUT2D eigenvalue weighted by Crippen LogP contribution is 2.18. The second kappa shape index (κ2) is 7.35. The van der Waals surface area contributed by atoms with Crippen molar-refractivity contribution in [1.82, 2.24) is 9.38 Å². The summed E-state index contributed by atoms with van der Waals surface area (Å²) in [5, 5.41) is 0.674. The molecule has 3 heterocycles. The number of aromatic nitrogens is 2. The lowest BCUT2D eigenvalue weighted by Gasteiger charge is -2.27. The van der Waals surface area contributed by atoms with Gasteiger partial charge in [0, 0.05) is 36.4 Å². The van der Waals surface area contributed by atoms with Gasteiger partial charge in [0.25, 0.3) is 5.56 Å². The molecule has 0 saturated carbocycles. The first-order valence-corrected chi connectivity index (χ1v) is 8.80. The Morgan fingerprint density at radius 3 is 2.81 bits per heavy atom. The Kier molecular flexibility index (Phi) is 4.77. The van der Waals surface area contributed by atoms with Crippen molar-refractivity contribution >= 4 is 23.1 Å². The molecular formula is C19H18ClN3O3. The number of ether oxygens (including phenoxy) is 2. The predicted molar refractivity (Wildman–Crippen MR) is 100 cm³/mol. The lowest BCUT2D eigenvalue weighted by atomic mass is 10.2. The van der Waals surface area contributed by atoms with Crippen LogP contribution in [0.2, 0.25) is 5.02 Å². The molecule has 0 aliphatic carbocycles. The molecule has 1 saturated heterocycles. The van der Waals surface area contributed by atoms with E-state index in [1.165, 1.54) is 4.40 Å². The minimum absolute atomic E-state index is 0.113. The van der Waals surface area contributed by atoms with Gasteiger partial charge in [0.1, 0.15) is 23.8 Å². The van der Waals surface area contributed by atoms with Crippen LogP contribution in [-0.2, 0) is 11.3 Å². The maximum Gasteiger partial charge on any atom is 0.259 e. The number of anilines is 1. The molecule has 6 nitrogen and oxygen atoms in total. The molecule has 4 rings (SSSR count). The summed E-state index contributed by atoms with van der Waals surface area (Å²) < 4.78 is 12.7. The zero-order valence-electron chi connectivity index (χ0n) is 14.1. The lowest BCUT2D eigenvalue weighted by Crippen LogP contribution is -2.37. The summed E-state index contributed by atoms with van der Waals surface area (Å²) >= 11 is 6.00. The summed E-state index contributed by atoms with van der Waals surface area (Å²) in [6, 6.07) is 12.6. The molecule has 0 N–H and O–H groups in total. The average Bonchev–Trinajstić information content (AvgIpc) is 2.67. The van der Waals surface area contributed by atoms with Crippen molar-refractivity contribution in [2.75, 3.05) is 31.2 Å². The van der Waals surface area contributed by atoms with E-state index in [2.05, 4.69) is 9.88 Å². The van der Waals surface area contributed by atoms with Gasteiger partial charge in [-0.15, -0.1) is 0 Å². The molecule has 2 aromatic heterocycles. The quantitative estimate of drug-likeness (QED) is 0.706. The minimum Gasteiger partial charge on any atom is -0.489 e. The first-order chi connectivity index (χ1) is 12.7. The van der Waals surface area contributed by atoms with Crippen LogP contribution < -0.4 is 15.2 Å². The van der Waals surface area contributed by atoms with Crippen LogP contribution in [0.25, 0.3) is 5.65 Å².